The molecule has 2 aromatic carbocycles. The van der Waals surface area contributed by atoms with Gasteiger partial charge in [-0.15, -0.1) is 0 Å². The molecule has 0 spiro atoms. The summed E-state index contributed by atoms with van der Waals surface area (Å²) in [7, 11) is 1.45. The van der Waals surface area contributed by atoms with Crippen molar-refractivity contribution < 1.29 is 19.5 Å². The van der Waals surface area contributed by atoms with Crippen LogP contribution in [-0.4, -0.2) is 56.9 Å². The Kier molecular flexibility index (Phi) is 7.00. The number of benzene rings is 2. The quantitative estimate of drug-likeness (QED) is 0.505. The number of hydrazone groups is 1. The Morgan fingerprint density at radius 2 is 2.00 bits per heavy atom. The number of carbonyl (C=O) groups excluding carboxylic acids is 1. The van der Waals surface area contributed by atoms with Crippen LogP contribution >= 0.6 is 0 Å². The van der Waals surface area contributed by atoms with Gasteiger partial charge in [-0.1, -0.05) is 48.2 Å². The van der Waals surface area contributed by atoms with Crippen LogP contribution in [0.1, 0.15) is 11.1 Å². The zero-order valence-electron chi connectivity index (χ0n) is 16.1. The third kappa shape index (κ3) is 5.80. The minimum Gasteiger partial charge on any atom is -0.870 e. The normalized spacial score (nSPS) is 15.6. The molecule has 3 rings (SSSR count). The van der Waals surface area contributed by atoms with Gasteiger partial charge in [0.25, 0.3) is 5.91 Å². The highest BCUT2D eigenvalue weighted by Crippen LogP contribution is 2.22. The third-order valence-corrected chi connectivity index (χ3v) is 4.81. The van der Waals surface area contributed by atoms with E-state index in [2.05, 4.69) is 39.7 Å². The fraction of sp³-hybridized carbons (Fsp3) is 0.333. The van der Waals surface area contributed by atoms with E-state index in [0.717, 1.165) is 32.7 Å². The Balaban J connectivity index is 1.40. The van der Waals surface area contributed by atoms with Gasteiger partial charge in [-0.25, -0.2) is 5.43 Å². The van der Waals surface area contributed by atoms with Gasteiger partial charge >= 0.3 is 0 Å². The molecule has 7 nitrogen and oxygen atoms in total. The van der Waals surface area contributed by atoms with Gasteiger partial charge < -0.3 is 14.7 Å². The summed E-state index contributed by atoms with van der Waals surface area (Å²) in [6.45, 7) is 5.18. The summed E-state index contributed by atoms with van der Waals surface area (Å²) in [5.41, 5.74) is 4.57. The second-order valence-electron chi connectivity index (χ2n) is 6.89. The van der Waals surface area contributed by atoms with Crippen molar-refractivity contribution in [3.8, 4) is 11.5 Å². The lowest BCUT2D eigenvalue weighted by atomic mass is 10.2. The number of hydrogen-bond donors (Lipinski definition) is 2. The fourth-order valence-electron chi connectivity index (χ4n) is 3.26. The largest absolute Gasteiger partial charge is 0.870 e. The second-order valence-corrected chi connectivity index (χ2v) is 6.89. The van der Waals surface area contributed by atoms with Crippen molar-refractivity contribution in [2.24, 2.45) is 5.10 Å². The van der Waals surface area contributed by atoms with Crippen LogP contribution in [0, 0.1) is 0 Å². The van der Waals surface area contributed by atoms with Crippen molar-refractivity contribution in [3.05, 3.63) is 59.7 Å². The first kappa shape index (κ1) is 19.9. The summed E-state index contributed by atoms with van der Waals surface area (Å²) in [5.74, 6) is -0.0399. The smallest absolute Gasteiger partial charge is 0.295 e. The maximum atomic E-state index is 12.1. The minimum atomic E-state index is -0.182. The summed E-state index contributed by atoms with van der Waals surface area (Å²) in [6.07, 6.45) is 1.51. The van der Waals surface area contributed by atoms with Crippen molar-refractivity contribution >= 4 is 12.1 Å². The van der Waals surface area contributed by atoms with Crippen molar-refractivity contribution in [2.45, 2.75) is 6.54 Å². The van der Waals surface area contributed by atoms with E-state index in [9.17, 15) is 9.90 Å². The fourth-order valence-corrected chi connectivity index (χ4v) is 3.26. The van der Waals surface area contributed by atoms with Crippen LogP contribution in [0.15, 0.2) is 53.6 Å². The molecule has 0 atom stereocenters. The number of quaternary nitrogens is 1. The molecular weight excluding hydrogens is 356 g/mol. The lowest BCUT2D eigenvalue weighted by Gasteiger charge is -2.31. The number of methoxy groups -OCH3 is 1. The molecule has 2 aromatic rings. The topological polar surface area (TPSA) is 81.4 Å². The molecule has 0 radical (unpaired) electrons. The molecule has 2 N–H and O–H groups in total. The lowest BCUT2D eigenvalue weighted by Crippen LogP contribution is -3.15. The van der Waals surface area contributed by atoms with Gasteiger partial charge in [0.15, 0.2) is 6.54 Å². The van der Waals surface area contributed by atoms with Gasteiger partial charge in [-0.3, -0.25) is 9.69 Å². The van der Waals surface area contributed by atoms with Gasteiger partial charge in [-0.2, -0.15) is 5.10 Å². The minimum absolute atomic E-state index is 0.116. The van der Waals surface area contributed by atoms with Crippen LogP contribution in [-0.2, 0) is 11.3 Å². The number of piperazine rings is 1. The van der Waals surface area contributed by atoms with E-state index in [1.54, 1.807) is 12.1 Å². The summed E-state index contributed by atoms with van der Waals surface area (Å²) in [5, 5.41) is 15.5. The van der Waals surface area contributed by atoms with Crippen LogP contribution < -0.4 is 20.2 Å². The number of ether oxygens (including phenoxy) is 1. The Bertz CT molecular complexity index is 803. The number of carbonyl (C=O) groups is 1. The van der Waals surface area contributed by atoms with E-state index < -0.39 is 0 Å². The van der Waals surface area contributed by atoms with E-state index >= 15 is 0 Å². The van der Waals surface area contributed by atoms with E-state index in [1.807, 2.05) is 6.07 Å². The molecule has 28 heavy (non-hydrogen) atoms. The average molecular weight is 382 g/mol. The maximum Gasteiger partial charge on any atom is 0.295 e. The SMILES string of the molecule is COc1cc(/C=N/NC(=O)C[NH+]2CCN(Cc3ccccc3)CC2)ccc1[O-]. The number of nitrogens with one attached hydrogen (secondary N) is 2. The van der Waals surface area contributed by atoms with E-state index in [-0.39, 0.29) is 17.4 Å². The molecule has 0 saturated carbocycles. The molecule has 7 heteroatoms. The number of amides is 1. The average Bonchev–Trinajstić information content (AvgIpc) is 2.71. The molecule has 1 heterocycles. The highest BCUT2D eigenvalue weighted by atomic mass is 16.5. The summed E-state index contributed by atoms with van der Waals surface area (Å²) in [6, 6.07) is 15.1. The molecule has 0 aliphatic carbocycles. The molecule has 1 saturated heterocycles. The van der Waals surface area contributed by atoms with Crippen molar-refractivity contribution in [1.29, 1.82) is 0 Å². The van der Waals surface area contributed by atoms with E-state index in [4.69, 9.17) is 4.74 Å². The summed E-state index contributed by atoms with van der Waals surface area (Å²) in [4.78, 5) is 15.8. The van der Waals surface area contributed by atoms with Crippen molar-refractivity contribution in [1.82, 2.24) is 10.3 Å². The molecule has 1 aliphatic heterocycles. The predicted octanol–water partition coefficient (Wildman–Crippen LogP) is -0.380. The Labute approximate surface area is 165 Å². The van der Waals surface area contributed by atoms with Crippen LogP contribution in [0.5, 0.6) is 11.5 Å². The Hall–Kier alpha value is -2.90. The van der Waals surface area contributed by atoms with Gasteiger partial charge in [0.05, 0.1) is 26.4 Å². The maximum absolute atomic E-state index is 12.1. The molecule has 148 valence electrons. The van der Waals surface area contributed by atoms with Gasteiger partial charge in [0, 0.05) is 19.6 Å². The summed E-state index contributed by atoms with van der Waals surface area (Å²) < 4.78 is 4.99. The zero-order chi connectivity index (χ0) is 19.8. The van der Waals surface area contributed by atoms with Crippen molar-refractivity contribution in [3.63, 3.8) is 0 Å². The highest BCUT2D eigenvalue weighted by Gasteiger charge is 2.21. The number of rotatable bonds is 7. The van der Waals surface area contributed by atoms with Gasteiger partial charge in [0.1, 0.15) is 5.75 Å². The molecule has 0 aromatic heterocycles. The predicted molar refractivity (Wildman–Crippen MR) is 105 cm³/mol. The van der Waals surface area contributed by atoms with Gasteiger partial charge in [0.2, 0.25) is 0 Å². The Morgan fingerprint density at radius 1 is 1.25 bits per heavy atom. The first-order chi connectivity index (χ1) is 13.6. The highest BCUT2D eigenvalue weighted by molar-refractivity contribution is 5.83. The zero-order valence-corrected chi connectivity index (χ0v) is 16.1. The van der Waals surface area contributed by atoms with Gasteiger partial charge in [-0.05, 0) is 17.2 Å². The van der Waals surface area contributed by atoms with E-state index in [1.165, 1.54) is 29.9 Å². The third-order valence-electron chi connectivity index (χ3n) is 4.81. The lowest BCUT2D eigenvalue weighted by molar-refractivity contribution is -0.896. The van der Waals surface area contributed by atoms with Crippen LogP contribution in [0.25, 0.3) is 0 Å². The molecular formula is C21H26N4O3. The molecule has 1 amide bonds. The van der Waals surface area contributed by atoms with Crippen LogP contribution in [0.2, 0.25) is 0 Å². The second kappa shape index (κ2) is 9.87. The van der Waals surface area contributed by atoms with E-state index in [0.29, 0.717) is 12.1 Å². The number of nitrogens with zero attached hydrogens (tertiary/aromatic N) is 2. The Morgan fingerprint density at radius 3 is 2.71 bits per heavy atom. The number of hydrogen-bond acceptors (Lipinski definition) is 5. The molecule has 0 unspecified atom stereocenters. The molecule has 0 bridgehead atoms. The van der Waals surface area contributed by atoms with Crippen LogP contribution in [0.3, 0.4) is 0 Å². The van der Waals surface area contributed by atoms with Crippen LogP contribution in [0.4, 0.5) is 0 Å². The van der Waals surface area contributed by atoms with Crippen molar-refractivity contribution in [2.75, 3.05) is 39.8 Å². The standard InChI is InChI=1S/C21H26N4O3/c1-28-20-13-18(7-8-19(20)26)14-22-23-21(27)16-25-11-9-24(10-12-25)15-17-5-3-2-4-6-17/h2-8,13-14,26H,9-12,15-16H2,1H3,(H,23,27)/b22-14+. The summed E-state index contributed by atoms with van der Waals surface area (Å²) >= 11 is 0. The first-order valence-electron chi connectivity index (χ1n) is 9.41. The molecule has 1 aliphatic rings. The first-order valence-corrected chi connectivity index (χ1v) is 9.41. The molecule has 1 fully saturated rings. The monoisotopic (exact) mass is 382 g/mol.